The summed E-state index contributed by atoms with van der Waals surface area (Å²) in [4.78, 5) is 32.5. The molecule has 194 valence electrons. The fourth-order valence-electron chi connectivity index (χ4n) is 4.52. The highest BCUT2D eigenvalue weighted by molar-refractivity contribution is 7.91. The van der Waals surface area contributed by atoms with Gasteiger partial charge in [0.15, 0.2) is 21.3 Å². The van der Waals surface area contributed by atoms with Gasteiger partial charge in [-0.1, -0.05) is 5.21 Å². The molecular formula is C22H21F2N7O5S. The molecule has 12 nitrogen and oxygen atoms in total. The Bertz CT molecular complexity index is 1480. The Balaban J connectivity index is 1.23. The Labute approximate surface area is 209 Å². The first kappa shape index (κ1) is 24.7. The summed E-state index contributed by atoms with van der Waals surface area (Å²) in [5.41, 5.74) is 0.711. The van der Waals surface area contributed by atoms with Gasteiger partial charge >= 0.3 is 6.09 Å². The molecule has 15 heteroatoms. The number of aryl methyl sites for hydroxylation is 1. The van der Waals surface area contributed by atoms with Gasteiger partial charge in [0, 0.05) is 13.0 Å². The zero-order valence-corrected chi connectivity index (χ0v) is 20.4. The van der Waals surface area contributed by atoms with Crippen LogP contribution in [0.1, 0.15) is 18.6 Å². The topological polar surface area (TPSA) is 158 Å². The van der Waals surface area contributed by atoms with Crippen molar-refractivity contribution in [2.45, 2.75) is 13.0 Å². The van der Waals surface area contributed by atoms with Crippen LogP contribution in [-0.4, -0.2) is 56.9 Å². The lowest BCUT2D eigenvalue weighted by Crippen LogP contribution is -2.21. The van der Waals surface area contributed by atoms with E-state index in [1.807, 2.05) is 0 Å². The Morgan fingerprint density at radius 1 is 1.14 bits per heavy atom. The lowest BCUT2D eigenvalue weighted by atomic mass is 10.2. The number of fused-ring (bicyclic) bond motifs is 1. The van der Waals surface area contributed by atoms with Crippen molar-refractivity contribution >= 4 is 33.3 Å². The largest absolute Gasteiger partial charge is 0.441 e. The molecule has 1 aliphatic carbocycles. The van der Waals surface area contributed by atoms with E-state index in [1.54, 1.807) is 12.1 Å². The van der Waals surface area contributed by atoms with E-state index in [0.717, 1.165) is 6.07 Å². The first-order valence-electron chi connectivity index (χ1n) is 11.2. The molecule has 4 atom stereocenters. The van der Waals surface area contributed by atoms with Crippen LogP contribution in [0.15, 0.2) is 30.6 Å². The monoisotopic (exact) mass is 533 g/mol. The summed E-state index contributed by atoms with van der Waals surface area (Å²) in [6.07, 6.45) is 0.0106. The molecule has 0 bridgehead atoms. The van der Waals surface area contributed by atoms with Crippen LogP contribution < -0.4 is 10.6 Å². The fourth-order valence-corrected chi connectivity index (χ4v) is 6.74. The number of carbonyl (C=O) groups is 2. The van der Waals surface area contributed by atoms with Crippen molar-refractivity contribution in [3.63, 3.8) is 0 Å². The summed E-state index contributed by atoms with van der Waals surface area (Å²) in [5.74, 6) is -2.32. The minimum absolute atomic E-state index is 0.0463. The number of hydrogen-bond acceptors (Lipinski definition) is 9. The molecule has 3 aromatic rings. The third-order valence-corrected chi connectivity index (χ3v) is 8.19. The summed E-state index contributed by atoms with van der Waals surface area (Å²) >= 11 is 0. The van der Waals surface area contributed by atoms with Crippen LogP contribution in [-0.2, 0) is 26.4 Å². The van der Waals surface area contributed by atoms with Crippen LogP contribution in [0.3, 0.4) is 0 Å². The summed E-state index contributed by atoms with van der Waals surface area (Å²) in [6, 6.07) is 4.04. The van der Waals surface area contributed by atoms with Gasteiger partial charge in [-0.15, -0.1) is 5.10 Å². The number of amides is 2. The molecule has 1 saturated carbocycles. The first-order chi connectivity index (χ1) is 17.5. The maximum atomic E-state index is 13.9. The van der Waals surface area contributed by atoms with Gasteiger partial charge < -0.3 is 10.1 Å². The van der Waals surface area contributed by atoms with Crippen LogP contribution in [0.25, 0.3) is 11.4 Å². The predicted molar refractivity (Wildman–Crippen MR) is 125 cm³/mol. The van der Waals surface area contributed by atoms with Crippen LogP contribution in [0.5, 0.6) is 0 Å². The molecule has 1 aliphatic heterocycles. The van der Waals surface area contributed by atoms with Crippen LogP contribution in [0.4, 0.5) is 25.1 Å². The standard InChI is InChI=1S/C22H21F2N7O5S/c1-10(13-5-11(23)6-26-19(13)24)36-22(33)28-20-18(29-30-31(20)2)16-4-3-12(7-25-16)27-21(32)17-14-8-37(34,35)9-15(14)17/h3-7,10,14-15,17H,8-9H2,1-2H3,(H,27,32)(H,28,33)/t10-,14-,15+,17+/m1/s1. The second kappa shape index (κ2) is 9.14. The van der Waals surface area contributed by atoms with Gasteiger partial charge in [0.25, 0.3) is 0 Å². The van der Waals surface area contributed by atoms with E-state index in [0.29, 0.717) is 17.6 Å². The molecule has 4 heterocycles. The Kier molecular flexibility index (Phi) is 6.09. The number of pyridine rings is 2. The zero-order chi connectivity index (χ0) is 26.5. The van der Waals surface area contributed by atoms with Crippen molar-refractivity contribution in [1.82, 2.24) is 25.0 Å². The maximum absolute atomic E-state index is 13.9. The van der Waals surface area contributed by atoms with E-state index in [-0.39, 0.29) is 52.2 Å². The van der Waals surface area contributed by atoms with Crippen LogP contribution in [0, 0.1) is 29.5 Å². The van der Waals surface area contributed by atoms with Crippen molar-refractivity contribution in [3.05, 3.63) is 47.9 Å². The number of ether oxygens (including phenoxy) is 1. The van der Waals surface area contributed by atoms with Gasteiger partial charge in [-0.25, -0.2) is 27.3 Å². The molecule has 1 saturated heterocycles. The van der Waals surface area contributed by atoms with Crippen molar-refractivity contribution in [2.24, 2.45) is 24.8 Å². The van der Waals surface area contributed by atoms with E-state index in [4.69, 9.17) is 4.74 Å². The number of hydrogen-bond donors (Lipinski definition) is 2. The quantitative estimate of drug-likeness (QED) is 0.453. The predicted octanol–water partition coefficient (Wildman–Crippen LogP) is 2.09. The van der Waals surface area contributed by atoms with E-state index < -0.39 is 33.8 Å². The smallest absolute Gasteiger partial charge is 0.413 e. The normalized spacial score (nSPS) is 22.1. The molecular weight excluding hydrogens is 512 g/mol. The number of nitrogens with one attached hydrogen (secondary N) is 2. The number of halogens is 2. The van der Waals surface area contributed by atoms with Gasteiger partial charge in [-0.3, -0.25) is 15.1 Å². The molecule has 2 aliphatic rings. The van der Waals surface area contributed by atoms with Crippen molar-refractivity contribution in [1.29, 1.82) is 0 Å². The minimum atomic E-state index is -3.04. The second-order valence-electron chi connectivity index (χ2n) is 8.97. The lowest BCUT2D eigenvalue weighted by Gasteiger charge is -2.15. The molecule has 2 N–H and O–H groups in total. The fraction of sp³-hybridized carbons (Fsp3) is 0.364. The zero-order valence-electron chi connectivity index (χ0n) is 19.6. The number of anilines is 2. The van der Waals surface area contributed by atoms with Gasteiger partial charge in [0.1, 0.15) is 11.9 Å². The van der Waals surface area contributed by atoms with Gasteiger partial charge in [-0.05, 0) is 37.0 Å². The molecule has 5 rings (SSSR count). The molecule has 0 aromatic carbocycles. The molecule has 37 heavy (non-hydrogen) atoms. The second-order valence-corrected chi connectivity index (χ2v) is 11.1. The summed E-state index contributed by atoms with van der Waals surface area (Å²) in [6.45, 7) is 1.36. The number of rotatable bonds is 6. The highest BCUT2D eigenvalue weighted by Crippen LogP contribution is 2.53. The van der Waals surface area contributed by atoms with Crippen molar-refractivity contribution in [3.8, 4) is 11.4 Å². The van der Waals surface area contributed by atoms with Gasteiger partial charge in [0.2, 0.25) is 11.9 Å². The van der Waals surface area contributed by atoms with Crippen molar-refractivity contribution in [2.75, 3.05) is 22.1 Å². The first-order valence-corrected chi connectivity index (χ1v) is 13.0. The third-order valence-electron chi connectivity index (χ3n) is 6.40. The number of nitrogens with zero attached hydrogens (tertiary/aromatic N) is 5. The summed E-state index contributed by atoms with van der Waals surface area (Å²) in [7, 11) is -1.52. The molecule has 2 amide bonds. The van der Waals surface area contributed by atoms with Crippen LogP contribution >= 0.6 is 0 Å². The minimum Gasteiger partial charge on any atom is -0.441 e. The van der Waals surface area contributed by atoms with Gasteiger partial charge in [-0.2, -0.15) is 4.39 Å². The highest BCUT2D eigenvalue weighted by atomic mass is 32.2. The van der Waals surface area contributed by atoms with Crippen molar-refractivity contribution < 1.29 is 31.5 Å². The Hall–Kier alpha value is -4.01. The summed E-state index contributed by atoms with van der Waals surface area (Å²) < 4.78 is 56.9. The Morgan fingerprint density at radius 2 is 1.86 bits per heavy atom. The molecule has 0 radical (unpaired) electrons. The van der Waals surface area contributed by atoms with E-state index in [2.05, 4.69) is 30.9 Å². The molecule has 3 aromatic heterocycles. The van der Waals surface area contributed by atoms with E-state index in [1.165, 1.54) is 24.9 Å². The van der Waals surface area contributed by atoms with E-state index in [9.17, 15) is 26.8 Å². The average Bonchev–Trinajstić information content (AvgIpc) is 3.17. The van der Waals surface area contributed by atoms with E-state index >= 15 is 0 Å². The SMILES string of the molecule is C[C@@H](OC(=O)Nc1c(-c2ccc(NC(=O)[C@H]3[C@@H]4CS(=O)(=O)C[C@@H]43)cn2)nnn1C)c1cc(F)cnc1F. The average molecular weight is 534 g/mol. The number of sulfone groups is 1. The molecule has 0 unspecified atom stereocenters. The number of aromatic nitrogens is 5. The molecule has 0 spiro atoms. The Morgan fingerprint density at radius 3 is 2.54 bits per heavy atom. The molecule has 2 fully saturated rings. The maximum Gasteiger partial charge on any atom is 0.413 e. The lowest BCUT2D eigenvalue weighted by molar-refractivity contribution is -0.117. The summed E-state index contributed by atoms with van der Waals surface area (Å²) in [5, 5.41) is 13.1. The highest BCUT2D eigenvalue weighted by Gasteiger charge is 2.61. The number of carbonyl (C=O) groups excluding carboxylic acids is 2. The van der Waals surface area contributed by atoms with Crippen LogP contribution in [0.2, 0.25) is 0 Å². The third kappa shape index (κ3) is 4.98. The van der Waals surface area contributed by atoms with Gasteiger partial charge in [0.05, 0.1) is 40.8 Å².